The second-order valence-electron chi connectivity index (χ2n) is 5.11. The van der Waals surface area contributed by atoms with Gasteiger partial charge in [-0.1, -0.05) is 36.4 Å². The molecule has 3 rings (SSSR count). The largest absolute Gasteiger partial charge is 0.457 e. The van der Waals surface area contributed by atoms with Crippen LogP contribution in [0.3, 0.4) is 0 Å². The first-order chi connectivity index (χ1) is 10.2. The van der Waals surface area contributed by atoms with Crippen molar-refractivity contribution in [2.24, 2.45) is 0 Å². The van der Waals surface area contributed by atoms with Crippen LogP contribution in [0.4, 0.5) is 0 Å². The number of likely N-dealkylation sites (N-methyl/N-ethyl adjacent to an activating group) is 1. The van der Waals surface area contributed by atoms with E-state index in [1.165, 1.54) is 0 Å². The van der Waals surface area contributed by atoms with Gasteiger partial charge < -0.3 is 10.1 Å². The number of carbonyl (C=O) groups excluding carboxylic acids is 1. The molecule has 1 amide bonds. The number of amides is 1. The summed E-state index contributed by atoms with van der Waals surface area (Å²) in [5, 5.41) is 6.06. The molecule has 108 valence electrons. The summed E-state index contributed by atoms with van der Waals surface area (Å²) < 4.78 is 5.94. The van der Waals surface area contributed by atoms with Crippen LogP contribution in [0.25, 0.3) is 0 Å². The second kappa shape index (κ2) is 5.58. The third-order valence-electron chi connectivity index (χ3n) is 3.74. The van der Waals surface area contributed by atoms with Crippen molar-refractivity contribution >= 4 is 5.91 Å². The number of para-hydroxylation sites is 2. The molecule has 2 aromatic carbocycles. The van der Waals surface area contributed by atoms with E-state index in [1.54, 1.807) is 7.05 Å². The number of benzene rings is 2. The lowest BCUT2D eigenvalue weighted by atomic mass is 9.94. The van der Waals surface area contributed by atoms with Gasteiger partial charge in [-0.3, -0.25) is 10.1 Å². The van der Waals surface area contributed by atoms with Crippen LogP contribution in [-0.2, 0) is 4.79 Å². The van der Waals surface area contributed by atoms with Gasteiger partial charge >= 0.3 is 0 Å². The summed E-state index contributed by atoms with van der Waals surface area (Å²) in [6.07, 6.45) is 0. The zero-order valence-corrected chi connectivity index (χ0v) is 12.1. The fourth-order valence-electron chi connectivity index (χ4n) is 2.63. The van der Waals surface area contributed by atoms with E-state index in [9.17, 15) is 4.79 Å². The minimum atomic E-state index is -0.292. The number of ether oxygens (including phenoxy) is 1. The molecule has 1 aliphatic rings. The molecule has 1 aliphatic heterocycles. The zero-order valence-electron chi connectivity index (χ0n) is 12.1. The van der Waals surface area contributed by atoms with Crippen molar-refractivity contribution in [2.75, 3.05) is 7.05 Å². The lowest BCUT2D eigenvalue weighted by molar-refractivity contribution is -0.122. The number of hydrogen-bond donors (Lipinski definition) is 2. The summed E-state index contributed by atoms with van der Waals surface area (Å²) in [7, 11) is 1.65. The smallest absolute Gasteiger partial charge is 0.236 e. The van der Waals surface area contributed by atoms with E-state index in [0.29, 0.717) is 0 Å². The van der Waals surface area contributed by atoms with Crippen molar-refractivity contribution in [1.82, 2.24) is 10.6 Å². The Labute approximate surface area is 124 Å². The van der Waals surface area contributed by atoms with E-state index in [-0.39, 0.29) is 18.0 Å². The Morgan fingerprint density at radius 2 is 1.57 bits per heavy atom. The molecule has 0 fully saturated rings. The topological polar surface area (TPSA) is 50.4 Å². The highest BCUT2D eigenvalue weighted by molar-refractivity contribution is 5.81. The average Bonchev–Trinajstić information content (AvgIpc) is 2.53. The van der Waals surface area contributed by atoms with Crippen molar-refractivity contribution in [1.29, 1.82) is 0 Å². The van der Waals surface area contributed by atoms with Gasteiger partial charge in [-0.15, -0.1) is 0 Å². The lowest BCUT2D eigenvalue weighted by Gasteiger charge is -2.30. The van der Waals surface area contributed by atoms with Crippen LogP contribution in [0.2, 0.25) is 0 Å². The summed E-state index contributed by atoms with van der Waals surface area (Å²) in [6.45, 7) is 1.86. The Kier molecular flexibility index (Phi) is 3.62. The minimum absolute atomic E-state index is 0.0311. The van der Waals surface area contributed by atoms with Crippen molar-refractivity contribution in [3.8, 4) is 11.5 Å². The van der Waals surface area contributed by atoms with Crippen molar-refractivity contribution in [2.45, 2.75) is 19.0 Å². The van der Waals surface area contributed by atoms with Gasteiger partial charge in [-0.2, -0.15) is 0 Å². The van der Waals surface area contributed by atoms with Gasteiger partial charge in [0.2, 0.25) is 5.91 Å². The standard InChI is InChI=1S/C17H18N2O2/c1-11(17(20)18-2)19-16-12-7-3-5-9-14(12)21-15-10-6-4-8-13(15)16/h3-11,16,19H,1-2H3,(H,18,20). The quantitative estimate of drug-likeness (QED) is 0.910. The number of fused-ring (bicyclic) bond motifs is 2. The molecule has 1 unspecified atom stereocenters. The summed E-state index contributed by atoms with van der Waals surface area (Å²) in [6, 6.07) is 15.5. The predicted octanol–water partition coefficient (Wildman–Crippen LogP) is 2.61. The third kappa shape index (κ3) is 2.50. The third-order valence-corrected chi connectivity index (χ3v) is 3.74. The summed E-state index contributed by atoms with van der Waals surface area (Å²) >= 11 is 0. The van der Waals surface area contributed by atoms with E-state index in [0.717, 1.165) is 22.6 Å². The minimum Gasteiger partial charge on any atom is -0.457 e. The molecule has 0 radical (unpaired) electrons. The van der Waals surface area contributed by atoms with E-state index in [4.69, 9.17) is 4.74 Å². The predicted molar refractivity (Wildman–Crippen MR) is 81.5 cm³/mol. The molecular formula is C17H18N2O2. The lowest BCUT2D eigenvalue weighted by Crippen LogP contribution is -2.43. The zero-order chi connectivity index (χ0) is 14.8. The fraction of sp³-hybridized carbons (Fsp3) is 0.235. The maximum absolute atomic E-state index is 11.8. The number of hydrogen-bond acceptors (Lipinski definition) is 3. The van der Waals surface area contributed by atoms with Crippen LogP contribution < -0.4 is 15.4 Å². The highest BCUT2D eigenvalue weighted by atomic mass is 16.5. The van der Waals surface area contributed by atoms with Gasteiger partial charge in [0.1, 0.15) is 11.5 Å². The highest BCUT2D eigenvalue weighted by Gasteiger charge is 2.28. The Morgan fingerprint density at radius 1 is 1.05 bits per heavy atom. The molecule has 0 bridgehead atoms. The van der Waals surface area contributed by atoms with Gasteiger partial charge in [0.05, 0.1) is 12.1 Å². The van der Waals surface area contributed by atoms with Gasteiger partial charge in [0.15, 0.2) is 0 Å². The van der Waals surface area contributed by atoms with Crippen molar-refractivity contribution < 1.29 is 9.53 Å². The van der Waals surface area contributed by atoms with Crippen LogP contribution in [0.1, 0.15) is 24.1 Å². The van der Waals surface area contributed by atoms with Crippen LogP contribution >= 0.6 is 0 Å². The molecule has 0 saturated carbocycles. The SMILES string of the molecule is CNC(=O)C(C)NC1c2ccccc2Oc2ccccc21. The molecule has 4 nitrogen and oxygen atoms in total. The Hall–Kier alpha value is -2.33. The summed E-state index contributed by atoms with van der Waals surface area (Å²) in [4.78, 5) is 11.8. The van der Waals surface area contributed by atoms with E-state index in [2.05, 4.69) is 10.6 Å². The Bertz CT molecular complexity index is 624. The van der Waals surface area contributed by atoms with Crippen molar-refractivity contribution in [3.63, 3.8) is 0 Å². The van der Waals surface area contributed by atoms with Gasteiger partial charge in [0.25, 0.3) is 0 Å². The molecule has 0 spiro atoms. The van der Waals surface area contributed by atoms with E-state index < -0.39 is 0 Å². The monoisotopic (exact) mass is 282 g/mol. The maximum Gasteiger partial charge on any atom is 0.236 e. The molecule has 2 aromatic rings. The highest BCUT2D eigenvalue weighted by Crippen LogP contribution is 2.42. The first-order valence-corrected chi connectivity index (χ1v) is 7.04. The Balaban J connectivity index is 2.00. The van der Waals surface area contributed by atoms with Gasteiger partial charge in [0, 0.05) is 18.2 Å². The molecule has 0 saturated heterocycles. The van der Waals surface area contributed by atoms with Crippen molar-refractivity contribution in [3.05, 3.63) is 59.7 Å². The molecule has 0 aliphatic carbocycles. The number of carbonyl (C=O) groups is 1. The molecule has 2 N–H and O–H groups in total. The second-order valence-corrected chi connectivity index (χ2v) is 5.11. The summed E-state index contributed by atoms with van der Waals surface area (Å²) in [5.74, 6) is 1.63. The molecular weight excluding hydrogens is 264 g/mol. The van der Waals surface area contributed by atoms with Crippen LogP contribution in [0.15, 0.2) is 48.5 Å². The molecule has 4 heteroatoms. The van der Waals surface area contributed by atoms with E-state index in [1.807, 2.05) is 55.5 Å². The van der Waals surface area contributed by atoms with Crippen LogP contribution in [-0.4, -0.2) is 19.0 Å². The first kappa shape index (κ1) is 13.6. The molecule has 21 heavy (non-hydrogen) atoms. The molecule has 1 atom stereocenters. The molecule has 0 aromatic heterocycles. The fourth-order valence-corrected chi connectivity index (χ4v) is 2.63. The number of rotatable bonds is 3. The normalized spacial score (nSPS) is 14.6. The Morgan fingerprint density at radius 3 is 2.10 bits per heavy atom. The molecule has 1 heterocycles. The maximum atomic E-state index is 11.8. The summed E-state index contributed by atoms with van der Waals surface area (Å²) in [5.41, 5.74) is 2.10. The van der Waals surface area contributed by atoms with Gasteiger partial charge in [-0.05, 0) is 19.1 Å². The number of nitrogens with one attached hydrogen (secondary N) is 2. The van der Waals surface area contributed by atoms with Gasteiger partial charge in [-0.25, -0.2) is 0 Å². The van der Waals surface area contributed by atoms with E-state index >= 15 is 0 Å². The first-order valence-electron chi connectivity index (χ1n) is 7.04. The average molecular weight is 282 g/mol. The van der Waals surface area contributed by atoms with Crippen LogP contribution in [0.5, 0.6) is 11.5 Å². The van der Waals surface area contributed by atoms with Crippen LogP contribution in [0, 0.1) is 0 Å².